The van der Waals surface area contributed by atoms with Crippen molar-refractivity contribution in [1.29, 1.82) is 0 Å². The third-order valence-corrected chi connectivity index (χ3v) is 8.09. The van der Waals surface area contributed by atoms with Crippen LogP contribution in [0, 0.1) is 18.8 Å². The largest absolute Gasteiger partial charge is 0.493 e. The van der Waals surface area contributed by atoms with Gasteiger partial charge in [-0.25, -0.2) is 8.42 Å². The molecule has 2 unspecified atom stereocenters. The Morgan fingerprint density at radius 1 is 0.558 bits per heavy atom. The van der Waals surface area contributed by atoms with Crippen molar-refractivity contribution in [2.45, 2.75) is 58.3 Å². The summed E-state index contributed by atoms with van der Waals surface area (Å²) < 4.78 is 48.7. The summed E-state index contributed by atoms with van der Waals surface area (Å²) in [6.07, 6.45) is 0. The molecule has 0 radical (unpaired) electrons. The van der Waals surface area contributed by atoms with Crippen LogP contribution in [0.1, 0.15) is 47.1 Å². The zero-order valence-electron chi connectivity index (χ0n) is 26.9. The Hall–Kier alpha value is -3.55. The summed E-state index contributed by atoms with van der Waals surface area (Å²) in [6.45, 7) is 16.3. The van der Waals surface area contributed by atoms with E-state index in [4.69, 9.17) is 18.9 Å². The molecule has 4 rings (SSSR count). The highest BCUT2D eigenvalue weighted by molar-refractivity contribution is 7.91. The smallest absolute Gasteiger partial charge is 0.206 e. The molecule has 0 aliphatic carbocycles. The quantitative estimate of drug-likeness (QED) is 0.151. The van der Waals surface area contributed by atoms with Crippen LogP contribution in [-0.2, 0) is 14.6 Å². The van der Waals surface area contributed by atoms with Crippen LogP contribution in [0.2, 0.25) is 0 Å². The molecule has 0 N–H and O–H groups in total. The Balaban J connectivity index is 0.00000155. The summed E-state index contributed by atoms with van der Waals surface area (Å²) in [5.41, 5.74) is 1.01. The SMILES string of the molecule is CC.CC.COCC(C)COc1ccc2cc(OCC(C)COc3ccc(S(=O)(=O)c4ccc(C)cc4)cc3)ccc2c1. The molecule has 0 heterocycles. The highest BCUT2D eigenvalue weighted by Crippen LogP contribution is 2.26. The third-order valence-electron chi connectivity index (χ3n) is 6.30. The molecular formula is C36H48O6S. The number of hydrogen-bond donors (Lipinski definition) is 0. The first kappa shape index (κ1) is 35.6. The lowest BCUT2D eigenvalue weighted by Crippen LogP contribution is -2.16. The summed E-state index contributed by atoms with van der Waals surface area (Å²) in [6, 6.07) is 25.4. The van der Waals surface area contributed by atoms with E-state index in [2.05, 4.69) is 6.92 Å². The summed E-state index contributed by atoms with van der Waals surface area (Å²) >= 11 is 0. The topological polar surface area (TPSA) is 71.1 Å². The molecule has 0 bridgehead atoms. The standard InChI is InChI=1S/C32H36O6S.2C2H6/c1-23-5-13-31(14-6-23)39(33,34)32-15-11-28(12-16-32)36-21-25(3)22-38-30-10-8-26-17-29(9-7-27(26)18-30)37-20-24(2)19-35-4;2*1-2/h5-18,24-25H,19-22H2,1-4H3;2*1-2H3. The number of sulfone groups is 1. The second-order valence-corrected chi connectivity index (χ2v) is 12.0. The zero-order valence-corrected chi connectivity index (χ0v) is 27.7. The van der Waals surface area contributed by atoms with E-state index in [1.165, 1.54) is 0 Å². The van der Waals surface area contributed by atoms with Crippen molar-refractivity contribution in [3.63, 3.8) is 0 Å². The minimum atomic E-state index is -3.56. The van der Waals surface area contributed by atoms with E-state index in [0.717, 1.165) is 27.8 Å². The Morgan fingerprint density at radius 3 is 1.37 bits per heavy atom. The molecule has 4 aromatic carbocycles. The third kappa shape index (κ3) is 10.9. The first-order valence-electron chi connectivity index (χ1n) is 15.1. The second kappa shape index (κ2) is 18.2. The van der Waals surface area contributed by atoms with E-state index in [-0.39, 0.29) is 15.7 Å². The zero-order chi connectivity index (χ0) is 31.8. The maximum atomic E-state index is 12.8. The van der Waals surface area contributed by atoms with E-state index in [1.807, 2.05) is 77.9 Å². The highest BCUT2D eigenvalue weighted by atomic mass is 32.2. The first-order valence-corrected chi connectivity index (χ1v) is 16.6. The monoisotopic (exact) mass is 608 g/mol. The van der Waals surface area contributed by atoms with Gasteiger partial charge < -0.3 is 18.9 Å². The maximum Gasteiger partial charge on any atom is 0.206 e. The van der Waals surface area contributed by atoms with Crippen LogP contribution < -0.4 is 14.2 Å². The van der Waals surface area contributed by atoms with Crippen LogP contribution in [0.25, 0.3) is 10.8 Å². The number of rotatable bonds is 13. The van der Waals surface area contributed by atoms with Gasteiger partial charge in [0, 0.05) is 18.9 Å². The predicted molar refractivity (Wildman–Crippen MR) is 176 cm³/mol. The molecule has 2 atom stereocenters. The molecule has 0 saturated carbocycles. The van der Waals surface area contributed by atoms with Gasteiger partial charge in [0.2, 0.25) is 9.84 Å². The fourth-order valence-electron chi connectivity index (χ4n) is 4.05. The molecule has 0 aromatic heterocycles. The molecule has 0 amide bonds. The van der Waals surface area contributed by atoms with Crippen LogP contribution >= 0.6 is 0 Å². The lowest BCUT2D eigenvalue weighted by Gasteiger charge is -2.15. The number of hydrogen-bond acceptors (Lipinski definition) is 6. The van der Waals surface area contributed by atoms with Crippen LogP contribution in [0.4, 0.5) is 0 Å². The molecule has 0 aliphatic rings. The molecule has 43 heavy (non-hydrogen) atoms. The molecule has 6 nitrogen and oxygen atoms in total. The molecule has 7 heteroatoms. The first-order chi connectivity index (χ1) is 20.7. The molecule has 0 aliphatic heterocycles. The lowest BCUT2D eigenvalue weighted by atomic mass is 10.1. The summed E-state index contributed by atoms with van der Waals surface area (Å²) in [5, 5.41) is 2.16. The summed E-state index contributed by atoms with van der Waals surface area (Å²) in [4.78, 5) is 0.522. The van der Waals surface area contributed by atoms with Gasteiger partial charge in [0.1, 0.15) is 17.2 Å². The maximum absolute atomic E-state index is 12.8. The van der Waals surface area contributed by atoms with Gasteiger partial charge in [-0.05, 0) is 78.4 Å². The van der Waals surface area contributed by atoms with E-state index in [0.29, 0.717) is 38.1 Å². The van der Waals surface area contributed by atoms with Crippen molar-refractivity contribution in [3.8, 4) is 17.2 Å². The highest BCUT2D eigenvalue weighted by Gasteiger charge is 2.17. The van der Waals surface area contributed by atoms with Gasteiger partial charge in [0.05, 0.1) is 36.2 Å². The van der Waals surface area contributed by atoms with Crippen molar-refractivity contribution in [3.05, 3.63) is 90.5 Å². The number of fused-ring (bicyclic) bond motifs is 1. The molecule has 234 valence electrons. The van der Waals surface area contributed by atoms with Crippen molar-refractivity contribution in [2.75, 3.05) is 33.5 Å². The normalized spacial score (nSPS) is 12.2. The van der Waals surface area contributed by atoms with Crippen LogP contribution in [-0.4, -0.2) is 42.0 Å². The van der Waals surface area contributed by atoms with E-state index < -0.39 is 9.84 Å². The van der Waals surface area contributed by atoms with E-state index >= 15 is 0 Å². The second-order valence-electron chi connectivity index (χ2n) is 10.1. The van der Waals surface area contributed by atoms with Crippen molar-refractivity contribution >= 4 is 20.6 Å². The van der Waals surface area contributed by atoms with Gasteiger partial charge in [0.15, 0.2) is 0 Å². The van der Waals surface area contributed by atoms with Crippen LogP contribution in [0.3, 0.4) is 0 Å². The predicted octanol–water partition coefficient (Wildman–Crippen LogP) is 8.79. The minimum absolute atomic E-state index is 0.126. The van der Waals surface area contributed by atoms with Crippen LogP contribution in [0.5, 0.6) is 17.2 Å². The minimum Gasteiger partial charge on any atom is -0.493 e. The van der Waals surface area contributed by atoms with Gasteiger partial charge in [-0.3, -0.25) is 0 Å². The Bertz CT molecular complexity index is 1460. The van der Waals surface area contributed by atoms with Gasteiger partial charge >= 0.3 is 0 Å². The summed E-state index contributed by atoms with van der Waals surface area (Å²) in [7, 11) is -1.86. The average molecular weight is 609 g/mol. The van der Waals surface area contributed by atoms with E-state index in [9.17, 15) is 8.42 Å². The Labute approximate surface area is 258 Å². The lowest BCUT2D eigenvalue weighted by molar-refractivity contribution is 0.127. The van der Waals surface area contributed by atoms with Gasteiger partial charge in [-0.15, -0.1) is 0 Å². The van der Waals surface area contributed by atoms with Gasteiger partial charge in [-0.1, -0.05) is 71.4 Å². The number of ether oxygens (including phenoxy) is 4. The molecule has 0 spiro atoms. The van der Waals surface area contributed by atoms with Gasteiger partial charge in [-0.2, -0.15) is 0 Å². The van der Waals surface area contributed by atoms with Crippen LogP contribution in [0.15, 0.2) is 94.7 Å². The summed E-state index contributed by atoms with van der Waals surface area (Å²) in [5.74, 6) is 2.70. The van der Waals surface area contributed by atoms with E-state index in [1.54, 1.807) is 55.6 Å². The van der Waals surface area contributed by atoms with Crippen molar-refractivity contribution in [1.82, 2.24) is 0 Å². The number of methoxy groups -OCH3 is 1. The average Bonchev–Trinajstić information content (AvgIpc) is 3.04. The molecule has 0 fully saturated rings. The molecule has 0 saturated heterocycles. The number of aryl methyl sites for hydroxylation is 1. The fourth-order valence-corrected chi connectivity index (χ4v) is 5.31. The molecular weight excluding hydrogens is 560 g/mol. The number of benzene rings is 4. The van der Waals surface area contributed by atoms with Gasteiger partial charge in [0.25, 0.3) is 0 Å². The van der Waals surface area contributed by atoms with Crippen molar-refractivity contribution < 1.29 is 27.4 Å². The Kier molecular flexibility index (Phi) is 15.1. The van der Waals surface area contributed by atoms with Crippen molar-refractivity contribution in [2.24, 2.45) is 11.8 Å². The Morgan fingerprint density at radius 2 is 0.930 bits per heavy atom. The molecule has 4 aromatic rings. The fraction of sp³-hybridized carbons (Fsp3) is 0.389.